The summed E-state index contributed by atoms with van der Waals surface area (Å²) in [7, 11) is -1.69. The number of ether oxygens (including phenoxy) is 1. The summed E-state index contributed by atoms with van der Waals surface area (Å²) in [5.74, 6) is 0.594. The molecule has 0 unspecified atom stereocenters. The molecule has 0 bridgehead atoms. The lowest BCUT2D eigenvalue weighted by atomic mass is 10.1. The van der Waals surface area contributed by atoms with Crippen LogP contribution in [0.5, 0.6) is 5.75 Å². The molecule has 2 rings (SSSR count). The first-order chi connectivity index (χ1) is 14.0. The summed E-state index contributed by atoms with van der Waals surface area (Å²) in [6, 6.07) is 11.5. The van der Waals surface area contributed by atoms with Crippen LogP contribution < -0.4 is 15.4 Å². The van der Waals surface area contributed by atoms with Gasteiger partial charge in [0, 0.05) is 32.0 Å². The van der Waals surface area contributed by atoms with Gasteiger partial charge in [-0.2, -0.15) is 13.2 Å². The van der Waals surface area contributed by atoms with E-state index < -0.39 is 22.6 Å². The van der Waals surface area contributed by atoms with Gasteiger partial charge >= 0.3 is 6.18 Å². The van der Waals surface area contributed by atoms with Gasteiger partial charge in [0.15, 0.2) is 22.4 Å². The molecule has 2 aromatic carbocycles. The predicted octanol–water partition coefficient (Wildman–Crippen LogP) is 3.20. The van der Waals surface area contributed by atoms with Gasteiger partial charge in [-0.1, -0.05) is 24.3 Å². The van der Waals surface area contributed by atoms with Crippen molar-refractivity contribution in [2.45, 2.75) is 31.1 Å². The molecule has 0 spiro atoms. The highest BCUT2D eigenvalue weighted by Crippen LogP contribution is 2.23. The van der Waals surface area contributed by atoms with Gasteiger partial charge in [0.1, 0.15) is 5.75 Å². The molecule has 0 aromatic heterocycles. The summed E-state index contributed by atoms with van der Waals surface area (Å²) < 4.78 is 65.4. The zero-order valence-corrected chi connectivity index (χ0v) is 17.7. The number of guanidine groups is 1. The van der Waals surface area contributed by atoms with Crippen molar-refractivity contribution < 1.29 is 26.3 Å². The molecular formula is C20H24F3N3O3S. The van der Waals surface area contributed by atoms with E-state index in [9.17, 15) is 21.6 Å². The fraction of sp³-hybridized carbons (Fsp3) is 0.350. The normalized spacial score (nSPS) is 12.5. The van der Waals surface area contributed by atoms with Gasteiger partial charge in [-0.3, -0.25) is 4.99 Å². The van der Waals surface area contributed by atoms with Crippen LogP contribution >= 0.6 is 0 Å². The highest BCUT2D eigenvalue weighted by molar-refractivity contribution is 7.90. The number of nitrogens with one attached hydrogen (secondary N) is 2. The third kappa shape index (κ3) is 7.58. The van der Waals surface area contributed by atoms with Crippen molar-refractivity contribution in [3.8, 4) is 5.75 Å². The maximum atomic E-state index is 12.5. The van der Waals surface area contributed by atoms with Crippen LogP contribution in [0.2, 0.25) is 0 Å². The Morgan fingerprint density at radius 1 is 1.07 bits per heavy atom. The van der Waals surface area contributed by atoms with Crippen LogP contribution in [-0.2, 0) is 22.9 Å². The first kappa shape index (κ1) is 23.5. The van der Waals surface area contributed by atoms with E-state index in [0.29, 0.717) is 18.1 Å². The number of hydrogen-bond donors (Lipinski definition) is 2. The summed E-state index contributed by atoms with van der Waals surface area (Å²) in [4.78, 5) is 4.32. The van der Waals surface area contributed by atoms with Gasteiger partial charge < -0.3 is 15.4 Å². The van der Waals surface area contributed by atoms with E-state index in [1.54, 1.807) is 44.3 Å². The average molecular weight is 443 g/mol. The third-order valence-corrected chi connectivity index (χ3v) is 5.22. The number of sulfone groups is 1. The highest BCUT2D eigenvalue weighted by atomic mass is 32.2. The molecule has 2 aromatic rings. The number of nitrogens with zero attached hydrogens (tertiary/aromatic N) is 1. The maximum absolute atomic E-state index is 12.5. The highest BCUT2D eigenvalue weighted by Gasteiger charge is 2.28. The molecule has 164 valence electrons. The number of aryl methyl sites for hydroxylation is 1. The van der Waals surface area contributed by atoms with E-state index >= 15 is 0 Å². The van der Waals surface area contributed by atoms with Crippen molar-refractivity contribution in [3.63, 3.8) is 0 Å². The summed E-state index contributed by atoms with van der Waals surface area (Å²) in [5, 5.41) is 6.10. The molecule has 0 amide bonds. The number of benzene rings is 2. The monoisotopic (exact) mass is 443 g/mol. The molecule has 0 aliphatic heterocycles. The molecule has 0 atom stereocenters. The van der Waals surface area contributed by atoms with Crippen molar-refractivity contribution in [3.05, 3.63) is 59.2 Å². The molecule has 0 heterocycles. The van der Waals surface area contributed by atoms with Gasteiger partial charge in [0.05, 0.1) is 4.90 Å². The zero-order valence-electron chi connectivity index (χ0n) is 16.9. The fourth-order valence-corrected chi connectivity index (χ4v) is 3.17. The summed E-state index contributed by atoms with van der Waals surface area (Å²) in [6.07, 6.45) is -3.28. The Balaban J connectivity index is 1.97. The van der Waals surface area contributed by atoms with Gasteiger partial charge in [-0.25, -0.2) is 8.42 Å². The minimum Gasteiger partial charge on any atom is -0.484 e. The smallest absolute Gasteiger partial charge is 0.422 e. The van der Waals surface area contributed by atoms with E-state index in [0.717, 1.165) is 17.4 Å². The number of alkyl halides is 3. The molecule has 6 nitrogen and oxygen atoms in total. The van der Waals surface area contributed by atoms with Gasteiger partial charge in [0.2, 0.25) is 0 Å². The molecule has 0 saturated heterocycles. The Bertz CT molecular complexity index is 989. The minimum atomic E-state index is -4.42. The van der Waals surface area contributed by atoms with Crippen molar-refractivity contribution >= 4 is 15.8 Å². The number of hydrogen-bond acceptors (Lipinski definition) is 4. The average Bonchev–Trinajstić information content (AvgIpc) is 2.66. The number of rotatable bonds is 7. The topological polar surface area (TPSA) is 79.8 Å². The largest absolute Gasteiger partial charge is 0.484 e. The van der Waals surface area contributed by atoms with E-state index in [4.69, 9.17) is 4.74 Å². The Morgan fingerprint density at radius 3 is 2.27 bits per heavy atom. The van der Waals surface area contributed by atoms with Gasteiger partial charge in [0.25, 0.3) is 0 Å². The van der Waals surface area contributed by atoms with Crippen molar-refractivity contribution in [2.24, 2.45) is 4.99 Å². The van der Waals surface area contributed by atoms with Crippen LogP contribution in [0.3, 0.4) is 0 Å². The molecule has 0 fully saturated rings. The molecule has 10 heteroatoms. The molecule has 2 N–H and O–H groups in total. The molecule has 0 aliphatic carbocycles. The first-order valence-corrected chi connectivity index (χ1v) is 10.9. The molecule has 0 aliphatic rings. The molecule has 0 radical (unpaired) electrons. The second-order valence-electron chi connectivity index (χ2n) is 6.71. The van der Waals surface area contributed by atoms with E-state index in [2.05, 4.69) is 15.6 Å². The predicted molar refractivity (Wildman–Crippen MR) is 109 cm³/mol. The SMILES string of the molecule is CN=C(NCc1ccc(S(C)(=O)=O)cc1)NCc1ccc(C)cc1OCC(F)(F)F. The Labute approximate surface area is 174 Å². The van der Waals surface area contributed by atoms with Gasteiger partial charge in [-0.05, 0) is 36.2 Å². The van der Waals surface area contributed by atoms with E-state index in [1.165, 1.54) is 12.1 Å². The quantitative estimate of drug-likeness (QED) is 0.508. The van der Waals surface area contributed by atoms with Crippen LogP contribution in [0.1, 0.15) is 16.7 Å². The van der Waals surface area contributed by atoms with Crippen LogP contribution in [0.25, 0.3) is 0 Å². The Morgan fingerprint density at radius 2 is 1.70 bits per heavy atom. The van der Waals surface area contributed by atoms with E-state index in [1.807, 2.05) is 0 Å². The third-order valence-electron chi connectivity index (χ3n) is 4.10. The second-order valence-corrected chi connectivity index (χ2v) is 8.73. The molecule has 30 heavy (non-hydrogen) atoms. The number of halogens is 3. The molecular weight excluding hydrogens is 419 g/mol. The van der Waals surface area contributed by atoms with Crippen LogP contribution in [0.4, 0.5) is 13.2 Å². The maximum Gasteiger partial charge on any atom is 0.422 e. The standard InChI is InChI=1S/C20H24F3N3O3S/c1-14-4-7-16(18(10-14)29-13-20(21,22)23)12-26-19(24-2)25-11-15-5-8-17(9-6-15)30(3,27)28/h4-10H,11-13H2,1-3H3,(H2,24,25,26). The summed E-state index contributed by atoms with van der Waals surface area (Å²) in [5.41, 5.74) is 2.19. The molecule has 0 saturated carbocycles. The minimum absolute atomic E-state index is 0.159. The van der Waals surface area contributed by atoms with Crippen molar-refractivity contribution in [2.75, 3.05) is 19.9 Å². The van der Waals surface area contributed by atoms with Crippen LogP contribution in [-0.4, -0.2) is 40.5 Å². The van der Waals surface area contributed by atoms with Crippen LogP contribution in [0.15, 0.2) is 52.4 Å². The van der Waals surface area contributed by atoms with Crippen LogP contribution in [0, 0.1) is 6.92 Å². The summed E-state index contributed by atoms with van der Waals surface area (Å²) >= 11 is 0. The Kier molecular flexibility index (Phi) is 7.71. The zero-order chi connectivity index (χ0) is 22.4. The lowest BCUT2D eigenvalue weighted by Crippen LogP contribution is -2.36. The fourth-order valence-electron chi connectivity index (χ4n) is 2.54. The second kappa shape index (κ2) is 9.84. The number of aliphatic imine (C=N–C) groups is 1. The van der Waals surface area contributed by atoms with Gasteiger partial charge in [-0.15, -0.1) is 0 Å². The van der Waals surface area contributed by atoms with Crippen molar-refractivity contribution in [1.82, 2.24) is 10.6 Å². The Hall–Kier alpha value is -2.75. The summed E-state index contributed by atoms with van der Waals surface area (Å²) in [6.45, 7) is 1.00. The lowest BCUT2D eigenvalue weighted by molar-refractivity contribution is -0.153. The van der Waals surface area contributed by atoms with E-state index in [-0.39, 0.29) is 17.2 Å². The van der Waals surface area contributed by atoms with Crippen molar-refractivity contribution in [1.29, 1.82) is 0 Å². The first-order valence-electron chi connectivity index (χ1n) is 9.00. The lowest BCUT2D eigenvalue weighted by Gasteiger charge is -2.16.